The summed E-state index contributed by atoms with van der Waals surface area (Å²) < 4.78 is 0. The lowest BCUT2D eigenvalue weighted by Gasteiger charge is -2.32. The Morgan fingerprint density at radius 2 is 2.06 bits per heavy atom. The highest BCUT2D eigenvalue weighted by molar-refractivity contribution is 5.87. The predicted molar refractivity (Wildman–Crippen MR) is 62.4 cm³/mol. The van der Waals surface area contributed by atoms with Crippen molar-refractivity contribution in [1.29, 1.82) is 0 Å². The van der Waals surface area contributed by atoms with E-state index in [1.54, 1.807) is 13.8 Å². The van der Waals surface area contributed by atoms with Crippen LogP contribution in [0.15, 0.2) is 0 Å². The number of hydrogen-bond donors (Lipinski definition) is 2. The number of aliphatic hydroxyl groups is 1. The Labute approximate surface area is 101 Å². The summed E-state index contributed by atoms with van der Waals surface area (Å²) in [5, 5.41) is 19.0. The first-order valence-corrected chi connectivity index (χ1v) is 6.02. The maximum Gasteiger partial charge on any atom is 0.326 e. The molecule has 0 aromatic carbocycles. The molecule has 98 valence electrons. The molecular weight excluding hydrogens is 222 g/mol. The maximum atomic E-state index is 12.1. The molecular formula is C12H21NO4. The normalized spacial score (nSPS) is 22.6. The van der Waals surface area contributed by atoms with Gasteiger partial charge in [-0.15, -0.1) is 0 Å². The molecule has 0 aromatic rings. The number of nitrogens with zero attached hydrogens (tertiary/aromatic N) is 1. The number of hydrogen-bond acceptors (Lipinski definition) is 3. The zero-order chi connectivity index (χ0) is 13.2. The van der Waals surface area contributed by atoms with Crippen molar-refractivity contribution < 1.29 is 19.8 Å². The lowest BCUT2D eigenvalue weighted by molar-refractivity contribution is -0.155. The first-order chi connectivity index (χ1) is 7.81. The molecule has 1 aliphatic heterocycles. The highest BCUT2D eigenvalue weighted by Gasteiger charge is 2.41. The van der Waals surface area contributed by atoms with Crippen LogP contribution in [0.5, 0.6) is 0 Å². The third-order valence-corrected chi connectivity index (χ3v) is 3.71. The summed E-state index contributed by atoms with van der Waals surface area (Å²) in [5.41, 5.74) is -0.525. The van der Waals surface area contributed by atoms with Gasteiger partial charge in [0.15, 0.2) is 0 Å². The van der Waals surface area contributed by atoms with Crippen LogP contribution in [0, 0.1) is 5.41 Å². The van der Waals surface area contributed by atoms with Crippen LogP contribution in [0.25, 0.3) is 0 Å². The minimum absolute atomic E-state index is 0.423. The number of carboxylic acid groups (broad SMARTS) is 1. The van der Waals surface area contributed by atoms with Crippen LogP contribution in [0.3, 0.4) is 0 Å². The molecule has 1 fully saturated rings. The fourth-order valence-electron chi connectivity index (χ4n) is 1.97. The van der Waals surface area contributed by atoms with E-state index in [1.165, 1.54) is 4.90 Å². The van der Waals surface area contributed by atoms with Gasteiger partial charge in [-0.2, -0.15) is 0 Å². The summed E-state index contributed by atoms with van der Waals surface area (Å²) in [7, 11) is 0. The molecule has 0 aromatic heterocycles. The van der Waals surface area contributed by atoms with Crippen LogP contribution < -0.4 is 0 Å². The molecule has 2 N–H and O–H groups in total. The van der Waals surface area contributed by atoms with Gasteiger partial charge in [-0.25, -0.2) is 4.79 Å². The van der Waals surface area contributed by atoms with Crippen LogP contribution in [-0.2, 0) is 9.59 Å². The first kappa shape index (κ1) is 14.0. The zero-order valence-electron chi connectivity index (χ0n) is 10.6. The second-order valence-corrected chi connectivity index (χ2v) is 5.27. The average Bonchev–Trinajstić information content (AvgIpc) is 2.75. The Morgan fingerprint density at radius 1 is 1.47 bits per heavy atom. The van der Waals surface area contributed by atoms with Crippen molar-refractivity contribution in [3.8, 4) is 0 Å². The van der Waals surface area contributed by atoms with E-state index in [1.807, 2.05) is 6.92 Å². The zero-order valence-corrected chi connectivity index (χ0v) is 10.6. The first-order valence-electron chi connectivity index (χ1n) is 6.02. The van der Waals surface area contributed by atoms with Gasteiger partial charge in [-0.05, 0) is 24.7 Å². The van der Waals surface area contributed by atoms with Crippen molar-refractivity contribution in [2.75, 3.05) is 6.54 Å². The molecule has 2 atom stereocenters. The summed E-state index contributed by atoms with van der Waals surface area (Å²) in [6.07, 6.45) is 0.681. The highest BCUT2D eigenvalue weighted by Crippen LogP contribution is 2.28. The Bertz CT molecular complexity index is 314. The molecule has 1 saturated heterocycles. The van der Waals surface area contributed by atoms with E-state index < -0.39 is 29.4 Å². The van der Waals surface area contributed by atoms with Crippen molar-refractivity contribution in [2.45, 2.75) is 52.2 Å². The monoisotopic (exact) mass is 243 g/mol. The van der Waals surface area contributed by atoms with Gasteiger partial charge in [0.2, 0.25) is 0 Å². The molecule has 1 rings (SSSR count). The third kappa shape index (κ3) is 2.77. The van der Waals surface area contributed by atoms with Crippen LogP contribution in [0.2, 0.25) is 0 Å². The van der Waals surface area contributed by atoms with Crippen LogP contribution in [-0.4, -0.2) is 45.7 Å². The van der Waals surface area contributed by atoms with Gasteiger partial charge < -0.3 is 15.1 Å². The number of carbonyl (C=O) groups is 2. The number of carboxylic acids is 1. The molecule has 1 aliphatic rings. The van der Waals surface area contributed by atoms with Crippen LogP contribution in [0.1, 0.15) is 40.0 Å². The summed E-state index contributed by atoms with van der Waals surface area (Å²) in [4.78, 5) is 24.4. The number of likely N-dealkylation sites (tertiary alicyclic amines) is 1. The molecule has 1 amide bonds. The molecule has 17 heavy (non-hydrogen) atoms. The molecule has 0 aliphatic carbocycles. The number of rotatable bonds is 4. The summed E-state index contributed by atoms with van der Waals surface area (Å²) in [6.45, 7) is 5.94. The van der Waals surface area contributed by atoms with E-state index in [4.69, 9.17) is 5.11 Å². The quantitative estimate of drug-likeness (QED) is 0.767. The second kappa shape index (κ2) is 5.04. The topological polar surface area (TPSA) is 77.8 Å². The summed E-state index contributed by atoms with van der Waals surface area (Å²) >= 11 is 0. The van der Waals surface area contributed by atoms with Crippen molar-refractivity contribution in [2.24, 2.45) is 5.41 Å². The molecule has 1 heterocycles. The van der Waals surface area contributed by atoms with Gasteiger partial charge in [-0.1, -0.05) is 20.8 Å². The largest absolute Gasteiger partial charge is 0.480 e. The van der Waals surface area contributed by atoms with E-state index in [0.29, 0.717) is 25.8 Å². The fourth-order valence-corrected chi connectivity index (χ4v) is 1.97. The predicted octanol–water partition coefficient (Wildman–Crippen LogP) is 0.859. The molecule has 0 radical (unpaired) electrons. The van der Waals surface area contributed by atoms with Crippen molar-refractivity contribution in [1.82, 2.24) is 4.90 Å². The minimum atomic E-state index is -1.13. The Hall–Kier alpha value is -1.10. The molecule has 1 unspecified atom stereocenters. The number of amides is 1. The summed E-state index contributed by atoms with van der Waals surface area (Å²) in [5.74, 6) is -1.45. The Morgan fingerprint density at radius 3 is 2.53 bits per heavy atom. The van der Waals surface area contributed by atoms with E-state index >= 15 is 0 Å². The van der Waals surface area contributed by atoms with E-state index in [0.717, 1.165) is 0 Å². The van der Waals surface area contributed by atoms with Gasteiger partial charge >= 0.3 is 5.97 Å². The Balaban J connectivity index is 2.79. The minimum Gasteiger partial charge on any atom is -0.480 e. The average molecular weight is 243 g/mol. The van der Waals surface area contributed by atoms with Gasteiger partial charge in [0, 0.05) is 6.54 Å². The maximum absolute atomic E-state index is 12.1. The lowest BCUT2D eigenvalue weighted by Crippen LogP contribution is -2.49. The van der Waals surface area contributed by atoms with Gasteiger partial charge in [-0.3, -0.25) is 4.79 Å². The number of aliphatic hydroxyl groups excluding tert-OH is 1. The molecule has 0 saturated carbocycles. The van der Waals surface area contributed by atoms with Crippen LogP contribution >= 0.6 is 0 Å². The van der Waals surface area contributed by atoms with Crippen molar-refractivity contribution >= 4 is 11.9 Å². The highest BCUT2D eigenvalue weighted by atomic mass is 16.4. The molecule has 0 bridgehead atoms. The Kier molecular flexibility index (Phi) is 4.14. The number of carbonyl (C=O) groups excluding carboxylic acids is 1. The standard InChI is InChI=1S/C12H21NO4/c1-4-12(2,3)9(14)10(15)13-7-5-6-8(13)11(16)17/h8-9,14H,4-7H2,1-3H3,(H,16,17)/t8-,9?/m0/s1. The van der Waals surface area contributed by atoms with Crippen molar-refractivity contribution in [3.63, 3.8) is 0 Å². The lowest BCUT2D eigenvalue weighted by atomic mass is 9.83. The number of aliphatic carboxylic acids is 1. The third-order valence-electron chi connectivity index (χ3n) is 3.71. The van der Waals surface area contributed by atoms with E-state index in [9.17, 15) is 14.7 Å². The smallest absolute Gasteiger partial charge is 0.326 e. The van der Waals surface area contributed by atoms with Gasteiger partial charge in [0.1, 0.15) is 12.1 Å². The fraction of sp³-hybridized carbons (Fsp3) is 0.833. The van der Waals surface area contributed by atoms with Gasteiger partial charge in [0.25, 0.3) is 5.91 Å². The van der Waals surface area contributed by atoms with Gasteiger partial charge in [0.05, 0.1) is 0 Å². The van der Waals surface area contributed by atoms with Crippen molar-refractivity contribution in [3.05, 3.63) is 0 Å². The molecule has 5 nitrogen and oxygen atoms in total. The molecule has 5 heteroatoms. The molecule has 0 spiro atoms. The second-order valence-electron chi connectivity index (χ2n) is 5.27. The van der Waals surface area contributed by atoms with Crippen LogP contribution in [0.4, 0.5) is 0 Å². The van der Waals surface area contributed by atoms with E-state index in [2.05, 4.69) is 0 Å². The summed E-state index contributed by atoms with van der Waals surface area (Å²) in [6, 6.07) is -0.773. The SMILES string of the molecule is CCC(C)(C)C(O)C(=O)N1CCC[C@H]1C(=O)O. The van der Waals surface area contributed by atoms with E-state index in [-0.39, 0.29) is 0 Å².